The van der Waals surface area contributed by atoms with E-state index in [4.69, 9.17) is 21.4 Å². The van der Waals surface area contributed by atoms with E-state index < -0.39 is 0 Å². The minimum Gasteiger partial charge on any atom is -0.383 e. The first-order valence-electron chi connectivity index (χ1n) is 11.0. The van der Waals surface area contributed by atoms with Gasteiger partial charge < -0.3 is 11.5 Å². The van der Waals surface area contributed by atoms with E-state index in [9.17, 15) is 4.79 Å². The van der Waals surface area contributed by atoms with Crippen LogP contribution >= 0.6 is 11.3 Å². The summed E-state index contributed by atoms with van der Waals surface area (Å²) in [6, 6.07) is 14.0. The van der Waals surface area contributed by atoms with Gasteiger partial charge >= 0.3 is 0 Å². The second kappa shape index (κ2) is 8.03. The summed E-state index contributed by atoms with van der Waals surface area (Å²) in [5, 5.41) is 2.78. The second-order valence-electron chi connectivity index (χ2n) is 8.37. The maximum absolute atomic E-state index is 11.5. The first-order chi connectivity index (χ1) is 16.6. The quantitative estimate of drug-likeness (QED) is 0.401. The normalized spacial score (nSPS) is 15.0. The summed E-state index contributed by atoms with van der Waals surface area (Å²) in [5.41, 5.74) is 18.1. The van der Waals surface area contributed by atoms with Crippen molar-refractivity contribution in [3.05, 3.63) is 71.4 Å². The number of rotatable bonds is 5. The fraction of sp³-hybridized carbons (Fsp3) is 0.160. The third-order valence-corrected chi connectivity index (χ3v) is 7.07. The number of fused-ring (bicyclic) bond motifs is 2. The molecule has 9 heteroatoms. The number of anilines is 1. The minimum absolute atomic E-state index is 0.171. The lowest BCUT2D eigenvalue weighted by Crippen LogP contribution is -2.14. The Morgan fingerprint density at radius 3 is 2.82 bits per heavy atom. The molecule has 0 saturated carbocycles. The smallest absolute Gasteiger partial charge is 0.218 e. The number of nitrogens with two attached hydrogens (primary N) is 2. The maximum Gasteiger partial charge on any atom is 0.218 e. The number of imidazole rings is 1. The summed E-state index contributed by atoms with van der Waals surface area (Å²) in [6.45, 7) is 0. The first kappa shape index (κ1) is 20.5. The molecule has 0 fully saturated rings. The van der Waals surface area contributed by atoms with Crippen molar-refractivity contribution in [1.29, 1.82) is 0 Å². The Labute approximate surface area is 199 Å². The van der Waals surface area contributed by atoms with Gasteiger partial charge in [-0.2, -0.15) is 0 Å². The van der Waals surface area contributed by atoms with Gasteiger partial charge in [0.05, 0.1) is 5.56 Å². The Kier molecular flexibility index (Phi) is 4.84. The van der Waals surface area contributed by atoms with E-state index in [2.05, 4.69) is 22.1 Å². The lowest BCUT2D eigenvalue weighted by molar-refractivity contribution is -0.118. The molecule has 1 aromatic carbocycles. The number of amides is 1. The summed E-state index contributed by atoms with van der Waals surface area (Å²) < 4.78 is 2.03. The van der Waals surface area contributed by atoms with Gasteiger partial charge in [-0.15, -0.1) is 11.3 Å². The largest absolute Gasteiger partial charge is 0.383 e. The molecule has 5 aromatic rings. The van der Waals surface area contributed by atoms with Crippen molar-refractivity contribution < 1.29 is 4.79 Å². The van der Waals surface area contributed by atoms with Crippen molar-refractivity contribution in [3.8, 4) is 27.8 Å². The molecule has 8 nitrogen and oxygen atoms in total. The highest BCUT2D eigenvalue weighted by Gasteiger charge is 2.26. The van der Waals surface area contributed by atoms with E-state index in [0.717, 1.165) is 46.0 Å². The van der Waals surface area contributed by atoms with Crippen molar-refractivity contribution in [1.82, 2.24) is 24.5 Å². The molecule has 168 valence electrons. The molecule has 1 aliphatic carbocycles. The zero-order chi connectivity index (χ0) is 23.2. The Morgan fingerprint density at radius 1 is 1.12 bits per heavy atom. The molecular weight excluding hydrogens is 446 g/mol. The Balaban J connectivity index is 1.56. The highest BCUT2D eigenvalue weighted by Crippen LogP contribution is 2.38. The van der Waals surface area contributed by atoms with Crippen molar-refractivity contribution in [2.75, 3.05) is 5.73 Å². The van der Waals surface area contributed by atoms with E-state index in [0.29, 0.717) is 18.1 Å². The summed E-state index contributed by atoms with van der Waals surface area (Å²) in [4.78, 5) is 30.0. The lowest BCUT2D eigenvalue weighted by atomic mass is 9.97. The van der Waals surface area contributed by atoms with Crippen molar-refractivity contribution in [3.63, 3.8) is 0 Å². The predicted molar refractivity (Wildman–Crippen MR) is 132 cm³/mol. The fourth-order valence-electron chi connectivity index (χ4n) is 4.74. The van der Waals surface area contributed by atoms with Crippen molar-refractivity contribution in [2.45, 2.75) is 25.2 Å². The van der Waals surface area contributed by atoms with Crippen LogP contribution in [-0.4, -0.2) is 30.4 Å². The van der Waals surface area contributed by atoms with Crippen LogP contribution in [0.2, 0.25) is 0 Å². The van der Waals surface area contributed by atoms with E-state index in [1.54, 1.807) is 23.7 Å². The predicted octanol–water partition coefficient (Wildman–Crippen LogP) is 4.09. The van der Waals surface area contributed by atoms with Gasteiger partial charge in [-0.05, 0) is 66.3 Å². The summed E-state index contributed by atoms with van der Waals surface area (Å²) in [5.74, 6) is 0.984. The Hall–Kier alpha value is -4.11. The van der Waals surface area contributed by atoms with Crippen LogP contribution < -0.4 is 11.5 Å². The van der Waals surface area contributed by atoms with E-state index >= 15 is 0 Å². The van der Waals surface area contributed by atoms with Gasteiger partial charge in [0.25, 0.3) is 0 Å². The van der Waals surface area contributed by atoms with Crippen LogP contribution in [0.3, 0.4) is 0 Å². The molecule has 4 N–H and O–H groups in total. The van der Waals surface area contributed by atoms with Gasteiger partial charge in [-0.25, -0.2) is 19.9 Å². The van der Waals surface area contributed by atoms with Gasteiger partial charge in [0, 0.05) is 29.9 Å². The van der Waals surface area contributed by atoms with Gasteiger partial charge in [0.15, 0.2) is 11.5 Å². The average molecular weight is 468 g/mol. The standard InChI is InChI=1S/C25H21N7OS/c26-21(33)13-15-4-3-14-12-16(5-6-17(14)15)32-23(18-2-1-9-28-22(18)27)30-19-7-8-20(31-24(19)32)25-29-10-11-34-25/h1-2,5-12,15H,3-4,13H2,(H2,26,33)(H2,27,28)/t15-/m0/s1. The number of nitrogens with zero attached hydrogens (tertiary/aromatic N) is 5. The number of benzene rings is 1. The first-order valence-corrected chi connectivity index (χ1v) is 11.9. The number of aryl methyl sites for hydroxylation is 1. The van der Waals surface area contributed by atoms with Crippen LogP contribution in [0, 0.1) is 0 Å². The molecule has 0 aliphatic heterocycles. The van der Waals surface area contributed by atoms with Crippen LogP contribution in [-0.2, 0) is 11.2 Å². The number of pyridine rings is 2. The Morgan fingerprint density at radius 2 is 2.03 bits per heavy atom. The van der Waals surface area contributed by atoms with Crippen LogP contribution in [0.25, 0.3) is 38.9 Å². The number of hydrogen-bond acceptors (Lipinski definition) is 7. The Bertz CT molecular complexity index is 1540. The van der Waals surface area contributed by atoms with Gasteiger partial charge in [-0.3, -0.25) is 9.36 Å². The number of hydrogen-bond donors (Lipinski definition) is 2. The van der Waals surface area contributed by atoms with Crippen LogP contribution in [0.5, 0.6) is 0 Å². The molecule has 4 aromatic heterocycles. The zero-order valence-corrected chi connectivity index (χ0v) is 19.0. The number of carbonyl (C=O) groups is 1. The molecule has 1 amide bonds. The topological polar surface area (TPSA) is 126 Å². The number of thiazole rings is 1. The van der Waals surface area contributed by atoms with Gasteiger partial charge in [-0.1, -0.05) is 6.07 Å². The van der Waals surface area contributed by atoms with Gasteiger partial charge in [0.2, 0.25) is 5.91 Å². The molecule has 1 atom stereocenters. The van der Waals surface area contributed by atoms with Crippen molar-refractivity contribution >= 4 is 34.2 Å². The highest BCUT2D eigenvalue weighted by atomic mass is 32.1. The van der Waals surface area contributed by atoms with Crippen LogP contribution in [0.15, 0.2) is 60.2 Å². The van der Waals surface area contributed by atoms with Crippen molar-refractivity contribution in [2.24, 2.45) is 5.73 Å². The second-order valence-corrected chi connectivity index (χ2v) is 9.27. The van der Waals surface area contributed by atoms with E-state index in [-0.39, 0.29) is 11.8 Å². The molecular formula is C25H21N7OS. The molecule has 0 spiro atoms. The van der Waals surface area contributed by atoms with E-state index in [1.165, 1.54) is 11.1 Å². The highest BCUT2D eigenvalue weighted by molar-refractivity contribution is 7.13. The minimum atomic E-state index is -0.268. The molecule has 34 heavy (non-hydrogen) atoms. The SMILES string of the molecule is NC(=O)C[C@@H]1CCc2cc(-n3c(-c4cccnc4N)nc4ccc(-c5nccs5)nc43)ccc21. The summed E-state index contributed by atoms with van der Waals surface area (Å²) in [7, 11) is 0. The molecule has 4 heterocycles. The summed E-state index contributed by atoms with van der Waals surface area (Å²) >= 11 is 1.54. The number of nitrogen functional groups attached to an aromatic ring is 1. The third-order valence-electron chi connectivity index (χ3n) is 6.27. The fourth-order valence-corrected chi connectivity index (χ4v) is 5.35. The van der Waals surface area contributed by atoms with E-state index in [1.807, 2.05) is 40.3 Å². The summed E-state index contributed by atoms with van der Waals surface area (Å²) in [6.07, 6.45) is 5.63. The third kappa shape index (κ3) is 3.41. The molecule has 0 unspecified atom stereocenters. The monoisotopic (exact) mass is 467 g/mol. The van der Waals surface area contributed by atoms with Gasteiger partial charge in [0.1, 0.15) is 22.0 Å². The number of primary amides is 1. The number of carbonyl (C=O) groups excluding carboxylic acids is 1. The zero-order valence-electron chi connectivity index (χ0n) is 18.2. The van der Waals surface area contributed by atoms with Crippen LogP contribution in [0.4, 0.5) is 5.82 Å². The average Bonchev–Trinajstić information content (AvgIpc) is 3.57. The maximum atomic E-state index is 11.5. The molecule has 0 radical (unpaired) electrons. The molecule has 0 bridgehead atoms. The number of aromatic nitrogens is 5. The lowest BCUT2D eigenvalue weighted by Gasteiger charge is -2.13. The molecule has 0 saturated heterocycles. The molecule has 1 aliphatic rings. The van der Waals surface area contributed by atoms with Crippen LogP contribution in [0.1, 0.15) is 29.9 Å². The molecule has 6 rings (SSSR count).